The third kappa shape index (κ3) is 4.20. The van der Waals surface area contributed by atoms with Gasteiger partial charge in [-0.1, -0.05) is 19.9 Å². The quantitative estimate of drug-likeness (QED) is 0.627. The first-order chi connectivity index (χ1) is 9.77. The first-order valence-electron chi connectivity index (χ1n) is 7.03. The van der Waals surface area contributed by atoms with Gasteiger partial charge in [-0.15, -0.1) is 0 Å². The number of hydrogen-bond acceptors (Lipinski definition) is 4. The summed E-state index contributed by atoms with van der Waals surface area (Å²) in [7, 11) is 1.44. The van der Waals surface area contributed by atoms with E-state index in [1.165, 1.54) is 24.3 Å². The van der Waals surface area contributed by atoms with Crippen LogP contribution in [0.25, 0.3) is 0 Å². The Balaban J connectivity index is 2.07. The molecule has 1 aliphatic rings. The third-order valence-electron chi connectivity index (χ3n) is 4.18. The van der Waals surface area contributed by atoms with Gasteiger partial charge in [-0.05, 0) is 49.3 Å². The maximum Gasteiger partial charge on any atom is 0.338 e. The van der Waals surface area contributed by atoms with Gasteiger partial charge in [0.05, 0.1) is 10.5 Å². The molecular weight excluding hydrogens is 312 g/mol. The van der Waals surface area contributed by atoms with Gasteiger partial charge >= 0.3 is 5.97 Å². The van der Waals surface area contributed by atoms with Gasteiger partial charge in [-0.3, -0.25) is 0 Å². The highest BCUT2D eigenvalue weighted by molar-refractivity contribution is 8.13. The molecule has 1 aromatic carbocycles. The van der Waals surface area contributed by atoms with Crippen LogP contribution in [0.1, 0.15) is 43.5 Å². The topological polar surface area (TPSA) is 60.4 Å². The van der Waals surface area contributed by atoms with E-state index in [-0.39, 0.29) is 16.6 Å². The second-order valence-corrected chi connectivity index (χ2v) is 8.33. The number of esters is 1. The molecule has 3 atom stereocenters. The number of ether oxygens (including phenoxy) is 1. The van der Waals surface area contributed by atoms with Crippen LogP contribution in [0.2, 0.25) is 0 Å². The molecule has 116 valence electrons. The molecule has 4 nitrogen and oxygen atoms in total. The maximum absolute atomic E-state index is 12.1. The highest BCUT2D eigenvalue weighted by Crippen LogP contribution is 2.31. The van der Waals surface area contributed by atoms with Crippen LogP contribution >= 0.6 is 10.7 Å². The molecule has 1 fully saturated rings. The number of hydrogen-bond donors (Lipinski definition) is 0. The highest BCUT2D eigenvalue weighted by atomic mass is 35.7. The van der Waals surface area contributed by atoms with Gasteiger partial charge in [0.25, 0.3) is 9.05 Å². The van der Waals surface area contributed by atoms with Crippen LogP contribution in [0.15, 0.2) is 29.2 Å². The standard InChI is InChI=1S/C15H19ClO4S/c1-10-6-7-13(8-11(10)2)20-15(17)12-4-3-5-14(9-12)21(16,18)19/h3-5,9-11,13H,6-8H2,1-2H3. The molecule has 0 aliphatic heterocycles. The molecule has 1 aliphatic carbocycles. The van der Waals surface area contributed by atoms with Gasteiger partial charge in [0.1, 0.15) is 6.10 Å². The van der Waals surface area contributed by atoms with Gasteiger partial charge in [0, 0.05) is 10.7 Å². The van der Waals surface area contributed by atoms with Crippen LogP contribution < -0.4 is 0 Å². The molecule has 0 saturated heterocycles. The Kier molecular flexibility index (Phi) is 4.94. The lowest BCUT2D eigenvalue weighted by molar-refractivity contribution is 0.00876. The van der Waals surface area contributed by atoms with E-state index >= 15 is 0 Å². The van der Waals surface area contributed by atoms with Crippen LogP contribution in [-0.2, 0) is 13.8 Å². The lowest BCUT2D eigenvalue weighted by atomic mass is 9.80. The summed E-state index contributed by atoms with van der Waals surface area (Å²) in [4.78, 5) is 12.0. The Morgan fingerprint density at radius 3 is 2.57 bits per heavy atom. The van der Waals surface area contributed by atoms with Crippen molar-refractivity contribution in [3.63, 3.8) is 0 Å². The molecule has 0 aromatic heterocycles. The zero-order chi connectivity index (χ0) is 15.6. The Morgan fingerprint density at radius 1 is 1.24 bits per heavy atom. The Hall–Kier alpha value is -1.07. The van der Waals surface area contributed by atoms with Crippen molar-refractivity contribution >= 4 is 25.7 Å². The summed E-state index contributed by atoms with van der Waals surface area (Å²) in [5.41, 5.74) is 0.211. The predicted molar refractivity (Wildman–Crippen MR) is 80.9 cm³/mol. The molecule has 3 unspecified atom stereocenters. The normalized spacial score (nSPS) is 26.3. The molecule has 1 aromatic rings. The monoisotopic (exact) mass is 330 g/mol. The Labute approximate surface area is 129 Å². The average molecular weight is 331 g/mol. The zero-order valence-electron chi connectivity index (χ0n) is 12.1. The molecule has 0 N–H and O–H groups in total. The molecule has 0 radical (unpaired) electrons. The zero-order valence-corrected chi connectivity index (χ0v) is 13.7. The van der Waals surface area contributed by atoms with Crippen LogP contribution in [0, 0.1) is 11.8 Å². The van der Waals surface area contributed by atoms with E-state index in [9.17, 15) is 13.2 Å². The van der Waals surface area contributed by atoms with Crippen molar-refractivity contribution in [1.82, 2.24) is 0 Å². The summed E-state index contributed by atoms with van der Waals surface area (Å²) < 4.78 is 28.1. The summed E-state index contributed by atoms with van der Waals surface area (Å²) >= 11 is 0. The van der Waals surface area contributed by atoms with E-state index in [4.69, 9.17) is 15.4 Å². The van der Waals surface area contributed by atoms with Crippen molar-refractivity contribution in [2.24, 2.45) is 11.8 Å². The number of halogens is 1. The van der Waals surface area contributed by atoms with Crippen molar-refractivity contribution in [3.8, 4) is 0 Å². The minimum atomic E-state index is -3.84. The smallest absolute Gasteiger partial charge is 0.338 e. The fourth-order valence-electron chi connectivity index (χ4n) is 2.60. The fourth-order valence-corrected chi connectivity index (χ4v) is 3.40. The summed E-state index contributed by atoms with van der Waals surface area (Å²) in [5.74, 6) is 0.666. The lowest BCUT2D eigenvalue weighted by Gasteiger charge is -2.31. The van der Waals surface area contributed by atoms with Crippen LogP contribution in [-0.4, -0.2) is 20.5 Å². The summed E-state index contributed by atoms with van der Waals surface area (Å²) in [6.45, 7) is 4.36. The number of benzene rings is 1. The van der Waals surface area contributed by atoms with Crippen molar-refractivity contribution in [2.45, 2.75) is 44.1 Å². The summed E-state index contributed by atoms with van der Waals surface area (Å²) in [6.07, 6.45) is 2.64. The van der Waals surface area contributed by atoms with Crippen LogP contribution in [0.4, 0.5) is 0 Å². The second-order valence-electron chi connectivity index (χ2n) is 5.76. The van der Waals surface area contributed by atoms with Gasteiger partial charge in [-0.2, -0.15) is 0 Å². The number of rotatable bonds is 3. The number of carbonyl (C=O) groups excluding carboxylic acids is 1. The van der Waals surface area contributed by atoms with Gasteiger partial charge in [0.15, 0.2) is 0 Å². The summed E-state index contributed by atoms with van der Waals surface area (Å²) in [5, 5.41) is 0. The van der Waals surface area contributed by atoms with Crippen LogP contribution in [0.3, 0.4) is 0 Å². The SMILES string of the molecule is CC1CCC(OC(=O)c2cccc(S(=O)(=O)Cl)c2)CC1C. The average Bonchev–Trinajstić information content (AvgIpc) is 2.42. The molecule has 0 amide bonds. The molecule has 1 saturated carbocycles. The highest BCUT2D eigenvalue weighted by Gasteiger charge is 2.27. The number of carbonyl (C=O) groups is 1. The van der Waals surface area contributed by atoms with Gasteiger partial charge in [-0.25, -0.2) is 13.2 Å². The van der Waals surface area contributed by atoms with E-state index < -0.39 is 15.0 Å². The van der Waals surface area contributed by atoms with E-state index in [0.717, 1.165) is 19.3 Å². The predicted octanol–water partition coefficient (Wildman–Crippen LogP) is 3.60. The first kappa shape index (κ1) is 16.3. The fraction of sp³-hybridized carbons (Fsp3) is 0.533. The maximum atomic E-state index is 12.1. The minimum Gasteiger partial charge on any atom is -0.459 e. The lowest BCUT2D eigenvalue weighted by Crippen LogP contribution is -2.28. The van der Waals surface area contributed by atoms with Crippen LogP contribution in [0.5, 0.6) is 0 Å². The van der Waals surface area contributed by atoms with E-state index in [1.54, 1.807) is 0 Å². The molecule has 21 heavy (non-hydrogen) atoms. The molecule has 0 bridgehead atoms. The van der Waals surface area contributed by atoms with E-state index in [1.807, 2.05) is 0 Å². The van der Waals surface area contributed by atoms with Crippen molar-refractivity contribution in [3.05, 3.63) is 29.8 Å². The molecular formula is C15H19ClO4S. The van der Waals surface area contributed by atoms with Crippen molar-refractivity contribution < 1.29 is 17.9 Å². The van der Waals surface area contributed by atoms with E-state index in [0.29, 0.717) is 11.8 Å². The molecule has 6 heteroatoms. The Bertz CT molecular complexity index is 626. The molecule has 2 rings (SSSR count). The third-order valence-corrected chi connectivity index (χ3v) is 5.53. The largest absolute Gasteiger partial charge is 0.459 e. The second kappa shape index (κ2) is 6.36. The van der Waals surface area contributed by atoms with E-state index in [2.05, 4.69) is 13.8 Å². The molecule has 0 spiro atoms. The van der Waals surface area contributed by atoms with Gasteiger partial charge < -0.3 is 4.74 Å². The van der Waals surface area contributed by atoms with Crippen molar-refractivity contribution in [2.75, 3.05) is 0 Å². The summed E-state index contributed by atoms with van der Waals surface area (Å²) in [6, 6.07) is 5.61. The Morgan fingerprint density at radius 2 is 1.95 bits per heavy atom. The van der Waals surface area contributed by atoms with Gasteiger partial charge in [0.2, 0.25) is 0 Å². The molecule has 0 heterocycles. The minimum absolute atomic E-state index is 0.0933. The van der Waals surface area contributed by atoms with Crippen molar-refractivity contribution in [1.29, 1.82) is 0 Å². The first-order valence-corrected chi connectivity index (χ1v) is 9.34.